The number of amides is 2. The molecule has 1 saturated heterocycles. The smallest absolute Gasteiger partial charge is 0.416 e. The minimum Gasteiger partial charge on any atom is -0.463 e. The van der Waals surface area contributed by atoms with Gasteiger partial charge in [0.1, 0.15) is 18.1 Å². The molecule has 0 radical (unpaired) electrons. The highest BCUT2D eigenvalue weighted by Gasteiger charge is 2.57. The lowest BCUT2D eigenvalue weighted by atomic mass is 9.60. The van der Waals surface area contributed by atoms with Crippen LogP contribution in [-0.2, 0) is 38.1 Å². The average Bonchev–Trinajstić information content (AvgIpc) is 3.51. The Morgan fingerprint density at radius 2 is 1.58 bits per heavy atom. The van der Waals surface area contributed by atoms with Crippen LogP contribution in [0.15, 0.2) is 69.2 Å². The predicted molar refractivity (Wildman–Crippen MR) is 135 cm³/mol. The summed E-state index contributed by atoms with van der Waals surface area (Å²) < 4.78 is 87.1. The van der Waals surface area contributed by atoms with E-state index in [4.69, 9.17) is 4.42 Å². The van der Waals surface area contributed by atoms with Crippen LogP contribution in [0.4, 0.5) is 32.0 Å². The summed E-state index contributed by atoms with van der Waals surface area (Å²) in [4.78, 5) is 54.2. The van der Waals surface area contributed by atoms with Crippen molar-refractivity contribution in [3.05, 3.63) is 87.4 Å². The van der Waals surface area contributed by atoms with Crippen LogP contribution in [0.25, 0.3) is 0 Å². The Morgan fingerprint density at radius 3 is 2.16 bits per heavy atom. The molecule has 0 bridgehead atoms. The summed E-state index contributed by atoms with van der Waals surface area (Å²) in [5, 5.41) is 9.54. The number of hydrogen-bond donors (Lipinski definition) is 1. The van der Waals surface area contributed by atoms with E-state index in [1.165, 1.54) is 19.1 Å². The van der Waals surface area contributed by atoms with E-state index in [-0.39, 0.29) is 47.1 Å². The van der Waals surface area contributed by atoms with Gasteiger partial charge in [-0.15, -0.1) is 0 Å². The SMILES string of the molecule is CC1=CC(=O)C2=C(C1=O)[C@@H](c1ccc(CO)o1)C1=CC[C@@H]3C(=O)N(c4cc(C(F)(F)F)cc(C(F)(F)F)c4)C(=O)[C@@H]3[C@@H]1C2. The van der Waals surface area contributed by atoms with E-state index in [0.717, 1.165) is 6.08 Å². The Morgan fingerprint density at radius 1 is 0.930 bits per heavy atom. The summed E-state index contributed by atoms with van der Waals surface area (Å²) in [7, 11) is 0. The molecule has 224 valence electrons. The zero-order valence-electron chi connectivity index (χ0n) is 22.2. The summed E-state index contributed by atoms with van der Waals surface area (Å²) in [5.41, 5.74) is -3.35. The lowest BCUT2D eigenvalue weighted by Gasteiger charge is -2.41. The predicted octanol–water partition coefficient (Wildman–Crippen LogP) is 5.44. The van der Waals surface area contributed by atoms with Crippen molar-refractivity contribution in [1.82, 2.24) is 0 Å². The third kappa shape index (κ3) is 4.48. The molecule has 1 fully saturated rings. The van der Waals surface area contributed by atoms with Crippen LogP contribution in [0.3, 0.4) is 0 Å². The van der Waals surface area contributed by atoms with Crippen molar-refractivity contribution in [2.45, 2.75) is 44.6 Å². The molecule has 4 atom stereocenters. The summed E-state index contributed by atoms with van der Waals surface area (Å²) in [6.45, 7) is 1.01. The molecule has 6 rings (SSSR count). The Hall–Kier alpha value is -4.26. The molecule has 2 aromatic rings. The molecule has 43 heavy (non-hydrogen) atoms. The summed E-state index contributed by atoms with van der Waals surface area (Å²) in [6.07, 6.45) is -7.85. The lowest BCUT2D eigenvalue weighted by molar-refractivity contribution is -0.143. The van der Waals surface area contributed by atoms with Crippen molar-refractivity contribution in [3.8, 4) is 0 Å². The summed E-state index contributed by atoms with van der Waals surface area (Å²) in [6, 6.07) is 3.55. The topological polar surface area (TPSA) is 105 Å². The molecule has 1 aromatic carbocycles. The van der Waals surface area contributed by atoms with Crippen molar-refractivity contribution in [2.24, 2.45) is 17.8 Å². The number of allylic oxidation sites excluding steroid dienone is 6. The molecule has 13 heteroatoms. The van der Waals surface area contributed by atoms with Crippen LogP contribution in [0, 0.1) is 17.8 Å². The number of aliphatic hydroxyl groups excluding tert-OH is 1. The largest absolute Gasteiger partial charge is 0.463 e. The minimum atomic E-state index is -5.20. The molecule has 1 aliphatic heterocycles. The number of furan rings is 1. The van der Waals surface area contributed by atoms with Crippen LogP contribution in [-0.4, -0.2) is 28.5 Å². The number of Topliss-reactive ketones (excluding diaryl/α,β-unsaturated/α-hetero) is 1. The summed E-state index contributed by atoms with van der Waals surface area (Å²) in [5.74, 6) is -6.72. The first kappa shape index (κ1) is 28.8. The number of aliphatic hydroxyl groups is 1. The maximum atomic E-state index is 13.9. The van der Waals surface area contributed by atoms with Crippen LogP contribution in [0.2, 0.25) is 0 Å². The van der Waals surface area contributed by atoms with E-state index in [0.29, 0.717) is 22.6 Å². The Balaban J connectivity index is 1.46. The molecule has 4 aliphatic rings. The summed E-state index contributed by atoms with van der Waals surface area (Å²) >= 11 is 0. The highest BCUT2D eigenvalue weighted by molar-refractivity contribution is 6.25. The Kier molecular flexibility index (Phi) is 6.46. The molecule has 2 amide bonds. The van der Waals surface area contributed by atoms with E-state index >= 15 is 0 Å². The Labute approximate surface area is 239 Å². The second-order valence-electron chi connectivity index (χ2n) is 11.0. The van der Waals surface area contributed by atoms with Gasteiger partial charge in [0, 0.05) is 16.7 Å². The van der Waals surface area contributed by atoms with Gasteiger partial charge in [0.2, 0.25) is 11.8 Å². The van der Waals surface area contributed by atoms with Gasteiger partial charge in [-0.2, -0.15) is 26.3 Å². The van der Waals surface area contributed by atoms with E-state index in [2.05, 4.69) is 0 Å². The fourth-order valence-corrected chi connectivity index (χ4v) is 6.64. The highest BCUT2D eigenvalue weighted by atomic mass is 19.4. The quantitative estimate of drug-likeness (QED) is 0.216. The number of carbonyl (C=O) groups excluding carboxylic acids is 4. The highest BCUT2D eigenvalue weighted by Crippen LogP contribution is 2.56. The first-order valence-electron chi connectivity index (χ1n) is 13.2. The first-order valence-corrected chi connectivity index (χ1v) is 13.2. The number of carbonyl (C=O) groups is 4. The average molecular weight is 605 g/mol. The normalized spacial score (nSPS) is 25.9. The van der Waals surface area contributed by atoms with Gasteiger partial charge in [0.05, 0.1) is 34.6 Å². The van der Waals surface area contributed by atoms with Gasteiger partial charge in [-0.05, 0) is 62.1 Å². The molecule has 1 N–H and O–H groups in total. The minimum absolute atomic E-state index is 0.0856. The molecule has 0 saturated carbocycles. The van der Waals surface area contributed by atoms with Crippen molar-refractivity contribution in [1.29, 1.82) is 0 Å². The number of nitrogens with zero attached hydrogens (tertiary/aromatic N) is 1. The standard InChI is InChI=1S/C30H21F6NO6/c1-12-6-21(39)20-10-19-17(24(25(20)26(12)40)22-5-2-16(11-38)43-22)3-4-18-23(19)28(42)37(27(18)41)15-8-13(29(31,32)33)7-14(9-15)30(34,35)36/h2-3,5-9,18-19,23-24,38H,4,10-11H2,1H3/t18-,19+,23-,24+/m0/s1. The number of ketones is 2. The van der Waals surface area contributed by atoms with Crippen molar-refractivity contribution < 1.29 is 55.0 Å². The zero-order chi connectivity index (χ0) is 31.2. The molecular weight excluding hydrogens is 584 g/mol. The molecule has 0 spiro atoms. The van der Waals surface area contributed by atoms with Gasteiger partial charge in [0.15, 0.2) is 11.6 Å². The van der Waals surface area contributed by atoms with Gasteiger partial charge in [-0.3, -0.25) is 19.2 Å². The third-order valence-corrected chi connectivity index (χ3v) is 8.52. The van der Waals surface area contributed by atoms with Crippen LogP contribution in [0.5, 0.6) is 0 Å². The number of imide groups is 1. The van der Waals surface area contributed by atoms with Crippen molar-refractivity contribution >= 4 is 29.1 Å². The van der Waals surface area contributed by atoms with Gasteiger partial charge < -0.3 is 9.52 Å². The second-order valence-corrected chi connectivity index (χ2v) is 11.0. The first-order chi connectivity index (χ1) is 20.1. The van der Waals surface area contributed by atoms with Gasteiger partial charge >= 0.3 is 12.4 Å². The van der Waals surface area contributed by atoms with Gasteiger partial charge in [-0.25, -0.2) is 4.90 Å². The van der Waals surface area contributed by atoms with Crippen LogP contribution >= 0.6 is 0 Å². The molecule has 0 unspecified atom stereocenters. The molecule has 7 nitrogen and oxygen atoms in total. The van der Waals surface area contributed by atoms with Gasteiger partial charge in [-0.1, -0.05) is 11.6 Å². The number of fused-ring (bicyclic) bond motifs is 3. The maximum absolute atomic E-state index is 13.9. The number of hydrogen-bond acceptors (Lipinski definition) is 6. The fraction of sp³-hybridized carbons (Fsp3) is 0.333. The number of anilines is 1. The maximum Gasteiger partial charge on any atom is 0.416 e. The lowest BCUT2D eigenvalue weighted by Crippen LogP contribution is -2.39. The monoisotopic (exact) mass is 605 g/mol. The number of alkyl halides is 6. The van der Waals surface area contributed by atoms with Crippen molar-refractivity contribution in [3.63, 3.8) is 0 Å². The van der Waals surface area contributed by atoms with Crippen LogP contribution < -0.4 is 4.90 Å². The third-order valence-electron chi connectivity index (χ3n) is 8.52. The van der Waals surface area contributed by atoms with Gasteiger partial charge in [0.25, 0.3) is 0 Å². The van der Waals surface area contributed by atoms with E-state index in [1.807, 2.05) is 0 Å². The second kappa shape index (κ2) is 9.63. The zero-order valence-corrected chi connectivity index (χ0v) is 22.2. The molecule has 2 heterocycles. The molecular formula is C30H21F6NO6. The molecule has 1 aromatic heterocycles. The van der Waals surface area contributed by atoms with E-state index in [1.54, 1.807) is 6.08 Å². The molecule has 3 aliphatic carbocycles. The van der Waals surface area contributed by atoms with Crippen LogP contribution in [0.1, 0.15) is 48.3 Å². The van der Waals surface area contributed by atoms with Crippen molar-refractivity contribution in [2.75, 3.05) is 4.90 Å². The number of rotatable bonds is 3. The fourth-order valence-electron chi connectivity index (χ4n) is 6.64. The van der Waals surface area contributed by atoms with E-state index in [9.17, 15) is 50.6 Å². The Bertz CT molecular complexity index is 1680. The van der Waals surface area contributed by atoms with E-state index < -0.39 is 82.8 Å². The number of halogens is 6. The number of benzene rings is 1.